The van der Waals surface area contributed by atoms with Gasteiger partial charge in [-0.15, -0.1) is 0 Å². The van der Waals surface area contributed by atoms with Crippen LogP contribution >= 0.6 is 12.2 Å². The van der Waals surface area contributed by atoms with Crippen LogP contribution in [-0.2, 0) is 0 Å². The van der Waals surface area contributed by atoms with E-state index >= 15 is 0 Å². The van der Waals surface area contributed by atoms with E-state index in [1.165, 1.54) is 30.5 Å². The van der Waals surface area contributed by atoms with E-state index in [1.807, 2.05) is 0 Å². The van der Waals surface area contributed by atoms with Crippen LogP contribution in [0.2, 0.25) is 0 Å². The van der Waals surface area contributed by atoms with Gasteiger partial charge in [-0.3, -0.25) is 0 Å². The number of nitrogens with one attached hydrogen (secondary N) is 2. The number of nitrogens with zero attached hydrogens (tertiary/aromatic N) is 4. The molecule has 180 valence electrons. The molecule has 0 saturated carbocycles. The molecule has 0 spiro atoms. The van der Waals surface area contributed by atoms with Gasteiger partial charge in [0.2, 0.25) is 0 Å². The van der Waals surface area contributed by atoms with E-state index in [-0.39, 0.29) is 0 Å². The molecule has 4 rings (SSSR count). The van der Waals surface area contributed by atoms with Gasteiger partial charge in [-0.25, -0.2) is 4.98 Å². The molecule has 2 aromatic rings. The van der Waals surface area contributed by atoms with Crippen LogP contribution < -0.4 is 15.5 Å². The highest BCUT2D eigenvalue weighted by Gasteiger charge is 2.21. The fourth-order valence-electron chi connectivity index (χ4n) is 5.31. The second-order valence-corrected chi connectivity index (χ2v) is 10.7. The van der Waals surface area contributed by atoms with E-state index in [2.05, 4.69) is 77.4 Å². The molecule has 2 N–H and O–H groups in total. The van der Waals surface area contributed by atoms with Gasteiger partial charge in [0, 0.05) is 56.9 Å². The topological polar surface area (TPSA) is 46.7 Å². The van der Waals surface area contributed by atoms with Crippen molar-refractivity contribution in [3.63, 3.8) is 0 Å². The second-order valence-electron chi connectivity index (χ2n) is 10.3. The molecule has 2 fully saturated rings. The van der Waals surface area contributed by atoms with Crippen LogP contribution in [0.25, 0.3) is 10.9 Å². The molecule has 0 unspecified atom stereocenters. The Bertz CT molecular complexity index is 945. The Hall–Kier alpha value is -1.96. The standard InChI is InChI=1S/C26H40N6S/c1-19-14-20(2)18-31(17-19)9-5-8-27-26(33)28-22-6-7-24-23(16-22)21(3)15-25(29-24)32-12-10-30(4)11-13-32/h6-7,15-16,19-20H,5,8-14,17-18H2,1-4H3,(H2,27,28,33)/t19-,20-/m0/s1. The van der Waals surface area contributed by atoms with Gasteiger partial charge in [0.05, 0.1) is 5.52 Å². The lowest BCUT2D eigenvalue weighted by molar-refractivity contribution is 0.140. The second kappa shape index (κ2) is 11.0. The summed E-state index contributed by atoms with van der Waals surface area (Å²) in [4.78, 5) is 12.3. The van der Waals surface area contributed by atoms with Crippen LogP contribution in [0.5, 0.6) is 0 Å². The number of aryl methyl sites for hydroxylation is 1. The fraction of sp³-hybridized carbons (Fsp3) is 0.615. The van der Waals surface area contributed by atoms with Crippen molar-refractivity contribution in [2.24, 2.45) is 11.8 Å². The molecular weight excluding hydrogens is 428 g/mol. The third-order valence-corrected chi connectivity index (χ3v) is 7.21. The summed E-state index contributed by atoms with van der Waals surface area (Å²) in [7, 11) is 2.18. The quantitative estimate of drug-likeness (QED) is 0.492. The lowest BCUT2D eigenvalue weighted by Crippen LogP contribution is -2.44. The number of hydrogen-bond donors (Lipinski definition) is 2. The molecule has 6 nitrogen and oxygen atoms in total. The highest BCUT2D eigenvalue weighted by molar-refractivity contribution is 7.80. The predicted molar refractivity (Wildman–Crippen MR) is 144 cm³/mol. The third kappa shape index (κ3) is 6.55. The Labute approximate surface area is 204 Å². The SMILES string of the molecule is Cc1cc(N2CCN(C)CC2)nc2ccc(NC(=S)NCCCN3C[C@@H](C)C[C@H](C)C3)cc12. The van der Waals surface area contributed by atoms with Gasteiger partial charge in [0.1, 0.15) is 5.82 Å². The van der Waals surface area contributed by atoms with Crippen molar-refractivity contribution < 1.29 is 0 Å². The number of aromatic nitrogens is 1. The highest BCUT2D eigenvalue weighted by Crippen LogP contribution is 2.26. The minimum atomic E-state index is 0.689. The van der Waals surface area contributed by atoms with Gasteiger partial charge in [-0.2, -0.15) is 0 Å². The molecule has 0 bridgehead atoms. The predicted octanol–water partition coefficient (Wildman–Crippen LogP) is 3.95. The summed E-state index contributed by atoms with van der Waals surface area (Å²) in [6.45, 7) is 15.6. The number of piperazine rings is 1. The number of thiocarbonyl (C=S) groups is 1. The number of hydrogen-bond acceptors (Lipinski definition) is 5. The molecule has 0 radical (unpaired) electrons. The Balaban J connectivity index is 1.29. The summed E-state index contributed by atoms with van der Waals surface area (Å²) in [5.74, 6) is 2.71. The van der Waals surface area contributed by atoms with Crippen LogP contribution in [0, 0.1) is 18.8 Å². The Morgan fingerprint density at radius 3 is 2.55 bits per heavy atom. The zero-order valence-corrected chi connectivity index (χ0v) is 21.5. The van der Waals surface area contributed by atoms with Gasteiger partial charge >= 0.3 is 0 Å². The van der Waals surface area contributed by atoms with Crippen molar-refractivity contribution in [3.05, 3.63) is 29.8 Å². The molecule has 2 atom stereocenters. The maximum atomic E-state index is 5.55. The molecule has 7 heteroatoms. The first kappa shape index (κ1) is 24.2. The van der Waals surface area contributed by atoms with Crippen LogP contribution in [0.1, 0.15) is 32.3 Å². The van der Waals surface area contributed by atoms with Crippen molar-refractivity contribution >= 4 is 39.7 Å². The van der Waals surface area contributed by atoms with Crippen molar-refractivity contribution in [1.82, 2.24) is 20.1 Å². The van der Waals surface area contributed by atoms with Gasteiger partial charge in [0.25, 0.3) is 0 Å². The molecule has 33 heavy (non-hydrogen) atoms. The number of pyridine rings is 1. The lowest BCUT2D eigenvalue weighted by atomic mass is 9.92. The molecule has 2 aliphatic rings. The highest BCUT2D eigenvalue weighted by atomic mass is 32.1. The van der Waals surface area contributed by atoms with Gasteiger partial charge in [0.15, 0.2) is 5.11 Å². The van der Waals surface area contributed by atoms with E-state index in [0.29, 0.717) is 5.11 Å². The fourth-order valence-corrected chi connectivity index (χ4v) is 5.53. The maximum Gasteiger partial charge on any atom is 0.170 e. The molecule has 0 aliphatic carbocycles. The molecular formula is C26H40N6S. The Morgan fingerprint density at radius 1 is 1.09 bits per heavy atom. The molecule has 3 heterocycles. The first-order chi connectivity index (χ1) is 15.9. The third-order valence-electron chi connectivity index (χ3n) is 6.97. The number of likely N-dealkylation sites (tertiary alicyclic amines) is 1. The van der Waals surface area contributed by atoms with Gasteiger partial charge in [-0.05, 0) is 87.2 Å². The van der Waals surface area contributed by atoms with Gasteiger partial charge in [-0.1, -0.05) is 13.8 Å². The lowest BCUT2D eigenvalue weighted by Gasteiger charge is -2.35. The molecule has 1 aromatic carbocycles. The van der Waals surface area contributed by atoms with E-state index in [1.54, 1.807) is 0 Å². The molecule has 1 aromatic heterocycles. The molecule has 2 saturated heterocycles. The first-order valence-electron chi connectivity index (χ1n) is 12.5. The summed E-state index contributed by atoms with van der Waals surface area (Å²) in [6, 6.07) is 8.56. The number of piperidine rings is 1. The van der Waals surface area contributed by atoms with Crippen LogP contribution in [-0.4, -0.2) is 79.3 Å². The largest absolute Gasteiger partial charge is 0.362 e. The number of anilines is 2. The number of benzene rings is 1. The molecule has 2 aliphatic heterocycles. The monoisotopic (exact) mass is 468 g/mol. The van der Waals surface area contributed by atoms with E-state index in [9.17, 15) is 0 Å². The first-order valence-corrected chi connectivity index (χ1v) is 12.9. The average Bonchev–Trinajstić information content (AvgIpc) is 2.77. The van der Waals surface area contributed by atoms with Crippen molar-refractivity contribution in [1.29, 1.82) is 0 Å². The number of fused-ring (bicyclic) bond motifs is 1. The average molecular weight is 469 g/mol. The van der Waals surface area contributed by atoms with Crippen molar-refractivity contribution in [2.75, 3.05) is 69.6 Å². The summed E-state index contributed by atoms with van der Waals surface area (Å²) in [5.41, 5.74) is 3.30. The van der Waals surface area contributed by atoms with Crippen LogP contribution in [0.4, 0.5) is 11.5 Å². The van der Waals surface area contributed by atoms with E-state index in [0.717, 1.165) is 74.5 Å². The Kier molecular flexibility index (Phi) is 8.04. The summed E-state index contributed by atoms with van der Waals surface area (Å²) < 4.78 is 0. The van der Waals surface area contributed by atoms with Crippen LogP contribution in [0.3, 0.4) is 0 Å². The normalized spacial score (nSPS) is 22.5. The minimum absolute atomic E-state index is 0.689. The van der Waals surface area contributed by atoms with Crippen molar-refractivity contribution in [2.45, 2.75) is 33.6 Å². The Morgan fingerprint density at radius 2 is 1.82 bits per heavy atom. The van der Waals surface area contributed by atoms with Gasteiger partial charge < -0.3 is 25.3 Å². The van der Waals surface area contributed by atoms with E-state index < -0.39 is 0 Å². The summed E-state index contributed by atoms with van der Waals surface area (Å²) in [5, 5.41) is 8.60. The van der Waals surface area contributed by atoms with E-state index in [4.69, 9.17) is 17.2 Å². The van der Waals surface area contributed by atoms with Crippen molar-refractivity contribution in [3.8, 4) is 0 Å². The smallest absolute Gasteiger partial charge is 0.170 e. The summed E-state index contributed by atoms with van der Waals surface area (Å²) >= 11 is 5.55. The molecule has 0 amide bonds. The number of rotatable bonds is 6. The number of likely N-dealkylation sites (N-methyl/N-ethyl adjacent to an activating group) is 1. The zero-order chi connectivity index (χ0) is 23.4. The minimum Gasteiger partial charge on any atom is -0.362 e. The zero-order valence-electron chi connectivity index (χ0n) is 20.7. The maximum absolute atomic E-state index is 5.55. The summed E-state index contributed by atoms with van der Waals surface area (Å²) in [6.07, 6.45) is 2.47. The van der Waals surface area contributed by atoms with Crippen LogP contribution in [0.15, 0.2) is 24.3 Å².